The Morgan fingerprint density at radius 2 is 1.37 bits per heavy atom. The summed E-state index contributed by atoms with van der Waals surface area (Å²) >= 11 is 1.49. The molecule has 1 atom stereocenters. The number of carbonyl (C=O) groups is 2. The fraction of sp³-hybridized carbons (Fsp3) is 0.548. The van der Waals surface area contributed by atoms with Gasteiger partial charge in [-0.15, -0.1) is 0 Å². The van der Waals surface area contributed by atoms with Gasteiger partial charge in [-0.25, -0.2) is 14.6 Å². The average molecular weight is 718 g/mol. The Morgan fingerprint density at radius 1 is 0.765 bits per heavy atom. The molecule has 2 heterocycles. The lowest BCUT2D eigenvalue weighted by Gasteiger charge is -2.33. The number of benzene rings is 2. The molecule has 278 valence electrons. The summed E-state index contributed by atoms with van der Waals surface area (Å²) in [5, 5.41) is 4.15. The highest BCUT2D eigenvalue weighted by atomic mass is 32.2. The van der Waals surface area contributed by atoms with Gasteiger partial charge in [0, 0.05) is 22.7 Å². The largest absolute Gasteiger partial charge is 0.496 e. The fourth-order valence-electron chi connectivity index (χ4n) is 7.01. The molecule has 0 spiro atoms. The minimum absolute atomic E-state index is 0.203. The maximum absolute atomic E-state index is 14.0. The molecular weight excluding hydrogens is 659 g/mol. The molecule has 3 aromatic rings. The number of para-hydroxylation sites is 2. The van der Waals surface area contributed by atoms with Crippen LogP contribution in [-0.2, 0) is 25.5 Å². The quantitative estimate of drug-likeness (QED) is 0.0568. The van der Waals surface area contributed by atoms with Gasteiger partial charge in [-0.2, -0.15) is 0 Å². The number of hydrogen-bond acceptors (Lipinski definition) is 8. The zero-order valence-electron chi connectivity index (χ0n) is 31.5. The number of thioether (sulfide) groups is 1. The minimum atomic E-state index is -0.733. The van der Waals surface area contributed by atoms with Crippen LogP contribution in [-0.4, -0.2) is 48.0 Å². The van der Waals surface area contributed by atoms with E-state index in [9.17, 15) is 9.59 Å². The van der Waals surface area contributed by atoms with Crippen LogP contribution in [0.4, 0.5) is 0 Å². The fourth-order valence-corrected chi connectivity index (χ4v) is 7.87. The van der Waals surface area contributed by atoms with Crippen LogP contribution in [0.2, 0.25) is 0 Å². The number of unbranched alkanes of at least 4 members (excludes halogenated alkanes) is 12. The van der Waals surface area contributed by atoms with Gasteiger partial charge in [0.1, 0.15) is 5.75 Å². The Balaban J connectivity index is 1.56. The number of fused-ring (bicyclic) bond motifs is 1. The Kier molecular flexibility index (Phi) is 17.0. The number of H-pyrrole nitrogens is 1. The van der Waals surface area contributed by atoms with Gasteiger partial charge < -0.3 is 24.5 Å². The van der Waals surface area contributed by atoms with Gasteiger partial charge in [0.15, 0.2) is 5.16 Å². The number of ether oxygens (including phenoxy) is 3. The Labute approximate surface area is 309 Å². The number of imidazole rings is 1. The topological polar surface area (TPSA) is 103 Å². The average Bonchev–Trinajstić information content (AvgIpc) is 3.55. The molecule has 0 saturated carbocycles. The van der Waals surface area contributed by atoms with Crippen LogP contribution in [0, 0.1) is 0 Å². The molecule has 2 N–H and O–H groups in total. The second-order valence-corrected chi connectivity index (χ2v) is 14.3. The minimum Gasteiger partial charge on any atom is -0.496 e. The van der Waals surface area contributed by atoms with Crippen molar-refractivity contribution in [3.05, 3.63) is 76.1 Å². The molecule has 9 heteroatoms. The highest BCUT2D eigenvalue weighted by Crippen LogP contribution is 2.45. The number of nitrogens with zero attached hydrogens (tertiary/aromatic N) is 1. The summed E-state index contributed by atoms with van der Waals surface area (Å²) in [5.74, 6) is -0.627. The third kappa shape index (κ3) is 11.4. The monoisotopic (exact) mass is 717 g/mol. The predicted octanol–water partition coefficient (Wildman–Crippen LogP) is 10.3. The number of aryl methyl sites for hydroxylation is 1. The summed E-state index contributed by atoms with van der Waals surface area (Å²) in [7, 11) is 1.64. The highest BCUT2D eigenvalue weighted by Gasteiger charge is 2.41. The van der Waals surface area contributed by atoms with Gasteiger partial charge in [-0.3, -0.25) is 0 Å². The zero-order valence-corrected chi connectivity index (χ0v) is 32.4. The number of hydrogen-bond donors (Lipinski definition) is 2. The van der Waals surface area contributed by atoms with Crippen LogP contribution in [0.3, 0.4) is 0 Å². The van der Waals surface area contributed by atoms with Crippen molar-refractivity contribution in [3.8, 4) is 5.75 Å². The molecule has 2 aromatic carbocycles. The molecule has 1 unspecified atom stereocenters. The zero-order chi connectivity index (χ0) is 36.4. The van der Waals surface area contributed by atoms with E-state index < -0.39 is 17.9 Å². The Bertz CT molecular complexity index is 1590. The number of dihydropyridines is 1. The van der Waals surface area contributed by atoms with Crippen LogP contribution in [0.25, 0.3) is 11.0 Å². The molecule has 1 aliphatic rings. The molecule has 0 aliphatic carbocycles. The number of rotatable bonds is 23. The van der Waals surface area contributed by atoms with Crippen molar-refractivity contribution < 1.29 is 23.8 Å². The van der Waals surface area contributed by atoms with E-state index in [2.05, 4.69) is 23.3 Å². The summed E-state index contributed by atoms with van der Waals surface area (Å²) < 4.78 is 17.3. The van der Waals surface area contributed by atoms with Crippen molar-refractivity contribution in [1.29, 1.82) is 0 Å². The normalized spacial score (nSPS) is 14.6. The van der Waals surface area contributed by atoms with Gasteiger partial charge >= 0.3 is 11.9 Å². The summed E-state index contributed by atoms with van der Waals surface area (Å²) in [6, 6.07) is 13.9. The number of nitrogens with one attached hydrogen (secondary N) is 2. The van der Waals surface area contributed by atoms with Crippen LogP contribution in [0.1, 0.15) is 128 Å². The van der Waals surface area contributed by atoms with Crippen LogP contribution in [0.15, 0.2) is 70.2 Å². The molecule has 0 radical (unpaired) electrons. The van der Waals surface area contributed by atoms with E-state index in [4.69, 9.17) is 19.2 Å². The summed E-state index contributed by atoms with van der Waals surface area (Å²) in [6.07, 6.45) is 17.5. The highest BCUT2D eigenvalue weighted by molar-refractivity contribution is 7.99. The predicted molar refractivity (Wildman–Crippen MR) is 208 cm³/mol. The van der Waals surface area contributed by atoms with E-state index in [1.54, 1.807) is 21.0 Å². The smallest absolute Gasteiger partial charge is 0.336 e. The second kappa shape index (κ2) is 21.6. The maximum atomic E-state index is 14.0. The van der Waals surface area contributed by atoms with Gasteiger partial charge in [-0.1, -0.05) is 120 Å². The SMILES string of the molecule is CCCCCCCCCCCCCCCc1cccc(OC)c1C1C(C(=O)OCC)=C(C)NC(CSc2nc3ccccc3[nH]2)=C1C(=O)OCC. The molecule has 51 heavy (non-hydrogen) atoms. The second-order valence-electron chi connectivity index (χ2n) is 13.3. The molecule has 0 fully saturated rings. The molecule has 0 bridgehead atoms. The number of carbonyl (C=O) groups excluding carboxylic acids is 2. The standard InChI is InChI=1S/C42H59N3O5S/c1-6-9-10-11-12-13-14-15-16-17-18-19-20-24-31-25-23-28-35(48-5)37(31)39-36(40(46)49-7-2)30(4)43-34(38(39)41(47)50-8-3)29-51-42-44-32-26-21-22-27-33(32)45-42/h21-23,25-28,39,43H,6-20,24,29H2,1-5H3,(H,44,45). The number of allylic oxidation sites excluding steroid dienone is 1. The summed E-state index contributed by atoms with van der Waals surface area (Å²) in [5.41, 5.74) is 5.81. The first-order chi connectivity index (χ1) is 24.9. The van der Waals surface area contributed by atoms with Crippen molar-refractivity contribution in [1.82, 2.24) is 15.3 Å². The van der Waals surface area contributed by atoms with Crippen molar-refractivity contribution in [3.63, 3.8) is 0 Å². The maximum Gasteiger partial charge on any atom is 0.336 e. The van der Waals surface area contributed by atoms with Crippen LogP contribution < -0.4 is 10.1 Å². The molecule has 0 saturated heterocycles. The molecule has 0 amide bonds. The number of aromatic amines is 1. The molecule has 4 rings (SSSR count). The van der Waals surface area contributed by atoms with E-state index in [0.717, 1.165) is 46.6 Å². The lowest BCUT2D eigenvalue weighted by molar-refractivity contribution is -0.139. The van der Waals surface area contributed by atoms with E-state index in [-0.39, 0.29) is 13.2 Å². The van der Waals surface area contributed by atoms with E-state index >= 15 is 0 Å². The first-order valence-corrected chi connectivity index (χ1v) is 20.2. The van der Waals surface area contributed by atoms with Crippen LogP contribution >= 0.6 is 11.8 Å². The molecule has 8 nitrogen and oxygen atoms in total. The lowest BCUT2D eigenvalue weighted by Crippen LogP contribution is -2.34. The first kappa shape index (κ1) is 40.1. The van der Waals surface area contributed by atoms with Crippen molar-refractivity contribution in [2.45, 2.75) is 129 Å². The molecule has 1 aliphatic heterocycles. The van der Waals surface area contributed by atoms with E-state index in [1.807, 2.05) is 43.3 Å². The number of methoxy groups -OCH3 is 1. The van der Waals surface area contributed by atoms with Crippen molar-refractivity contribution >= 4 is 34.7 Å². The Hall–Kier alpha value is -3.72. The lowest BCUT2D eigenvalue weighted by atomic mass is 9.77. The van der Waals surface area contributed by atoms with Crippen molar-refractivity contribution in [2.24, 2.45) is 0 Å². The van der Waals surface area contributed by atoms with E-state index in [1.165, 1.54) is 82.4 Å². The van der Waals surface area contributed by atoms with Crippen LogP contribution in [0.5, 0.6) is 5.75 Å². The third-order valence-corrected chi connectivity index (χ3v) is 10.5. The molecule has 1 aromatic heterocycles. The third-order valence-electron chi connectivity index (χ3n) is 9.57. The summed E-state index contributed by atoms with van der Waals surface area (Å²) in [4.78, 5) is 35.8. The van der Waals surface area contributed by atoms with Gasteiger partial charge in [0.05, 0.1) is 48.4 Å². The first-order valence-electron chi connectivity index (χ1n) is 19.2. The van der Waals surface area contributed by atoms with Gasteiger partial charge in [0.25, 0.3) is 0 Å². The van der Waals surface area contributed by atoms with Gasteiger partial charge in [-0.05, 0) is 57.4 Å². The number of aromatic nitrogens is 2. The van der Waals surface area contributed by atoms with Crippen molar-refractivity contribution in [2.75, 3.05) is 26.1 Å². The summed E-state index contributed by atoms with van der Waals surface area (Å²) in [6.45, 7) is 8.14. The van der Waals surface area contributed by atoms with Gasteiger partial charge in [0.2, 0.25) is 0 Å². The van der Waals surface area contributed by atoms with E-state index in [0.29, 0.717) is 34.0 Å². The molecular formula is C42H59N3O5S. The Morgan fingerprint density at radius 3 is 1.98 bits per heavy atom. The number of esters is 2.